The molecule has 9 nitrogen and oxygen atoms in total. The summed E-state index contributed by atoms with van der Waals surface area (Å²) in [5.74, 6) is -0.474. The minimum atomic E-state index is -0.483. The Morgan fingerprint density at radius 3 is 2.59 bits per heavy atom. The number of aryl methyl sites for hydroxylation is 1. The van der Waals surface area contributed by atoms with E-state index in [0.717, 1.165) is 18.1 Å². The molecule has 2 heterocycles. The normalized spacial score (nSPS) is 10.9. The van der Waals surface area contributed by atoms with Gasteiger partial charge >= 0.3 is 6.01 Å². The molecule has 0 spiro atoms. The first kappa shape index (κ1) is 21.0. The van der Waals surface area contributed by atoms with E-state index in [2.05, 4.69) is 10.2 Å². The standard InChI is InChI=1S/C23H22N4O5/c1-3-14-6-4-7-15(10-14)27-21(24-25-23(27)31)17-11-18(20(29)12-19(17)28)22(30)26(2)13-16-8-5-9-32-16/h4-12,28-29H,3,13H2,1-2H3,(H,25,31). The van der Waals surface area contributed by atoms with E-state index in [9.17, 15) is 20.1 Å². The summed E-state index contributed by atoms with van der Waals surface area (Å²) >= 11 is 0. The summed E-state index contributed by atoms with van der Waals surface area (Å²) in [5.41, 5.74) is 1.72. The number of nitrogens with zero attached hydrogens (tertiary/aromatic N) is 4. The summed E-state index contributed by atoms with van der Waals surface area (Å²) in [6, 6.07) is 12.9. The third kappa shape index (κ3) is 3.87. The van der Waals surface area contributed by atoms with Crippen LogP contribution in [0.1, 0.15) is 28.6 Å². The SMILES string of the molecule is CCc1cccc(-n2c(O)nnc2-c2cc(C(=O)N(C)Cc3ccco3)c(O)cc2O)c1. The lowest BCUT2D eigenvalue weighted by atomic mass is 10.1. The lowest BCUT2D eigenvalue weighted by molar-refractivity contribution is 0.0772. The van der Waals surface area contributed by atoms with Crippen LogP contribution in [0.4, 0.5) is 0 Å². The number of hydrogen-bond donors (Lipinski definition) is 3. The van der Waals surface area contributed by atoms with Crippen molar-refractivity contribution in [1.29, 1.82) is 0 Å². The maximum Gasteiger partial charge on any atom is 0.319 e. The van der Waals surface area contributed by atoms with Crippen LogP contribution >= 0.6 is 0 Å². The van der Waals surface area contributed by atoms with E-state index in [1.54, 1.807) is 25.2 Å². The molecule has 0 bridgehead atoms. The number of carbonyl (C=O) groups excluding carboxylic acids is 1. The molecule has 0 aliphatic carbocycles. The van der Waals surface area contributed by atoms with Crippen LogP contribution in [0.15, 0.2) is 59.2 Å². The smallest absolute Gasteiger partial charge is 0.319 e. The molecule has 0 aliphatic heterocycles. The van der Waals surface area contributed by atoms with Gasteiger partial charge in [0.05, 0.1) is 29.6 Å². The lowest BCUT2D eigenvalue weighted by Crippen LogP contribution is -2.26. The van der Waals surface area contributed by atoms with Crippen molar-refractivity contribution in [3.63, 3.8) is 0 Å². The fraction of sp³-hybridized carbons (Fsp3) is 0.174. The zero-order valence-corrected chi connectivity index (χ0v) is 17.6. The Morgan fingerprint density at radius 2 is 1.88 bits per heavy atom. The molecule has 1 amide bonds. The number of phenols is 2. The number of aromatic nitrogens is 3. The van der Waals surface area contributed by atoms with Crippen LogP contribution in [0.2, 0.25) is 0 Å². The van der Waals surface area contributed by atoms with E-state index >= 15 is 0 Å². The molecule has 164 valence electrons. The maximum absolute atomic E-state index is 13.0. The van der Waals surface area contributed by atoms with Crippen LogP contribution in [-0.2, 0) is 13.0 Å². The second-order valence-corrected chi connectivity index (χ2v) is 7.31. The molecule has 2 aromatic heterocycles. The molecule has 0 unspecified atom stereocenters. The molecule has 0 aliphatic rings. The molecule has 4 aromatic rings. The highest BCUT2D eigenvalue weighted by Gasteiger charge is 2.24. The Morgan fingerprint density at radius 1 is 1.06 bits per heavy atom. The molecule has 0 saturated carbocycles. The zero-order chi connectivity index (χ0) is 22.8. The van der Waals surface area contributed by atoms with Gasteiger partial charge in [-0.15, -0.1) is 5.10 Å². The second-order valence-electron chi connectivity index (χ2n) is 7.31. The first-order chi connectivity index (χ1) is 15.4. The van der Waals surface area contributed by atoms with Gasteiger partial charge < -0.3 is 24.6 Å². The molecule has 32 heavy (non-hydrogen) atoms. The Hall–Kier alpha value is -4.27. The van der Waals surface area contributed by atoms with Gasteiger partial charge in [0.15, 0.2) is 5.82 Å². The van der Waals surface area contributed by atoms with Crippen molar-refractivity contribution in [2.24, 2.45) is 0 Å². The molecule has 4 rings (SSSR count). The molecule has 0 fully saturated rings. The van der Waals surface area contributed by atoms with Gasteiger partial charge in [0.25, 0.3) is 5.91 Å². The summed E-state index contributed by atoms with van der Waals surface area (Å²) in [5, 5.41) is 38.9. The minimum Gasteiger partial charge on any atom is -0.507 e. The number of hydrogen-bond acceptors (Lipinski definition) is 7. The minimum absolute atomic E-state index is 0.0387. The number of amides is 1. The van der Waals surface area contributed by atoms with Gasteiger partial charge in [-0.05, 0) is 42.3 Å². The van der Waals surface area contributed by atoms with E-state index in [4.69, 9.17) is 4.42 Å². The third-order valence-corrected chi connectivity index (χ3v) is 5.13. The molecular formula is C23H22N4O5. The van der Waals surface area contributed by atoms with Crippen molar-refractivity contribution in [2.45, 2.75) is 19.9 Å². The molecule has 0 atom stereocenters. The fourth-order valence-electron chi connectivity index (χ4n) is 3.45. The van der Waals surface area contributed by atoms with Gasteiger partial charge in [-0.1, -0.05) is 24.2 Å². The molecule has 3 N–H and O–H groups in total. The highest BCUT2D eigenvalue weighted by atomic mass is 16.3. The Bertz CT molecular complexity index is 1260. The first-order valence-corrected chi connectivity index (χ1v) is 9.97. The van der Waals surface area contributed by atoms with Gasteiger partial charge in [0.2, 0.25) is 0 Å². The topological polar surface area (TPSA) is 125 Å². The molecule has 2 aromatic carbocycles. The Balaban J connectivity index is 1.76. The van der Waals surface area contributed by atoms with Crippen LogP contribution in [0, 0.1) is 0 Å². The average molecular weight is 434 g/mol. The van der Waals surface area contributed by atoms with E-state index < -0.39 is 5.91 Å². The lowest BCUT2D eigenvalue weighted by Gasteiger charge is -2.18. The summed E-state index contributed by atoms with van der Waals surface area (Å²) in [7, 11) is 1.57. The number of carbonyl (C=O) groups is 1. The molecule has 9 heteroatoms. The number of benzene rings is 2. The van der Waals surface area contributed by atoms with Gasteiger partial charge in [0, 0.05) is 13.1 Å². The molecule has 0 radical (unpaired) electrons. The highest BCUT2D eigenvalue weighted by Crippen LogP contribution is 2.37. The Kier molecular flexibility index (Phi) is 5.55. The van der Waals surface area contributed by atoms with Crippen molar-refractivity contribution in [2.75, 3.05) is 7.05 Å². The predicted octanol–water partition coefficient (Wildman–Crippen LogP) is 3.48. The molecule has 0 saturated heterocycles. The van der Waals surface area contributed by atoms with Crippen LogP contribution < -0.4 is 0 Å². The van der Waals surface area contributed by atoms with Crippen molar-refractivity contribution in [3.8, 4) is 34.6 Å². The first-order valence-electron chi connectivity index (χ1n) is 9.97. The van der Waals surface area contributed by atoms with Gasteiger partial charge in [-0.25, -0.2) is 4.57 Å². The van der Waals surface area contributed by atoms with Crippen molar-refractivity contribution < 1.29 is 24.5 Å². The summed E-state index contributed by atoms with van der Waals surface area (Å²) < 4.78 is 6.64. The van der Waals surface area contributed by atoms with Crippen molar-refractivity contribution >= 4 is 5.91 Å². The van der Waals surface area contributed by atoms with Crippen LogP contribution in [0.5, 0.6) is 17.5 Å². The third-order valence-electron chi connectivity index (χ3n) is 5.13. The van der Waals surface area contributed by atoms with E-state index in [0.29, 0.717) is 11.4 Å². The summed E-state index contributed by atoms with van der Waals surface area (Å²) in [6.07, 6.45) is 2.30. The van der Waals surface area contributed by atoms with Gasteiger partial charge in [0.1, 0.15) is 17.3 Å². The predicted molar refractivity (Wildman–Crippen MR) is 116 cm³/mol. The summed E-state index contributed by atoms with van der Waals surface area (Å²) in [6.45, 7) is 2.21. The number of rotatable bonds is 6. The van der Waals surface area contributed by atoms with Gasteiger partial charge in [-0.3, -0.25) is 4.79 Å². The Labute approximate surface area is 183 Å². The maximum atomic E-state index is 13.0. The largest absolute Gasteiger partial charge is 0.507 e. The number of furan rings is 1. The van der Waals surface area contributed by atoms with E-state index in [1.807, 2.05) is 25.1 Å². The monoisotopic (exact) mass is 434 g/mol. The average Bonchev–Trinajstić information content (AvgIpc) is 3.43. The van der Waals surface area contributed by atoms with Crippen molar-refractivity contribution in [3.05, 3.63) is 71.7 Å². The van der Waals surface area contributed by atoms with Gasteiger partial charge in [-0.2, -0.15) is 0 Å². The van der Waals surface area contributed by atoms with Crippen LogP contribution in [0.3, 0.4) is 0 Å². The van der Waals surface area contributed by atoms with Crippen LogP contribution in [-0.4, -0.2) is 47.9 Å². The number of aromatic hydroxyl groups is 3. The van der Waals surface area contributed by atoms with Crippen LogP contribution in [0.25, 0.3) is 17.1 Å². The quantitative estimate of drug-likeness (QED) is 0.424. The van der Waals surface area contributed by atoms with E-state index in [1.165, 1.54) is 21.8 Å². The van der Waals surface area contributed by atoms with Crippen molar-refractivity contribution in [1.82, 2.24) is 19.7 Å². The highest BCUT2D eigenvalue weighted by molar-refractivity contribution is 5.98. The van der Waals surface area contributed by atoms with E-state index in [-0.39, 0.29) is 41.0 Å². The number of phenolic OH excluding ortho intramolecular Hbond substituents is 2. The zero-order valence-electron chi connectivity index (χ0n) is 17.6. The fourth-order valence-corrected chi connectivity index (χ4v) is 3.45. The second kappa shape index (κ2) is 8.46. The summed E-state index contributed by atoms with van der Waals surface area (Å²) in [4.78, 5) is 14.4. The molecular weight excluding hydrogens is 412 g/mol.